The predicted octanol–water partition coefficient (Wildman–Crippen LogP) is 16.6. The normalized spacial score (nSPS) is 11.0. The van der Waals surface area contributed by atoms with E-state index in [1.54, 1.807) is 6.08 Å². The molecule has 12 rings (SSSR count). The number of fused-ring (bicyclic) bond motifs is 6. The summed E-state index contributed by atoms with van der Waals surface area (Å²) in [5.74, 6) is 0. The molecule has 0 aliphatic rings. The third kappa shape index (κ3) is 8.06. The summed E-state index contributed by atoms with van der Waals surface area (Å²) in [5, 5.41) is 2.23. The fraction of sp³-hybridized carbons (Fsp3) is 0.0794. The Balaban J connectivity index is 0.00000107. The minimum Gasteiger partial charge on any atom is -0.308 e. The van der Waals surface area contributed by atoms with Gasteiger partial charge in [0.1, 0.15) is 0 Å². The van der Waals surface area contributed by atoms with E-state index in [-0.39, 0.29) is 0 Å². The summed E-state index contributed by atoms with van der Waals surface area (Å²) >= 11 is 0. The van der Waals surface area contributed by atoms with Gasteiger partial charge in [-0.25, -0.2) is 0 Å². The van der Waals surface area contributed by atoms with Gasteiger partial charge in [0.2, 0.25) is 0 Å². The van der Waals surface area contributed by atoms with Crippen molar-refractivity contribution < 1.29 is 0 Å². The second kappa shape index (κ2) is 19.2. The molecule has 0 N–H and O–H groups in total. The summed E-state index contributed by atoms with van der Waals surface area (Å²) < 4.78 is 4.69. The Hall–Kier alpha value is -8.74. The third-order valence-corrected chi connectivity index (χ3v) is 12.6. The molecule has 6 aromatic carbocycles. The first kappa shape index (κ1) is 44.1. The highest BCUT2D eigenvalue weighted by Gasteiger charge is 2.19. The van der Waals surface area contributed by atoms with Crippen molar-refractivity contribution in [2.24, 2.45) is 0 Å². The van der Waals surface area contributed by atoms with Crippen LogP contribution in [0.4, 0.5) is 0 Å². The summed E-state index contributed by atoms with van der Waals surface area (Å²) in [7, 11) is 0. The van der Waals surface area contributed by atoms with Gasteiger partial charge in [-0.05, 0) is 162 Å². The molecule has 69 heavy (non-hydrogen) atoms. The summed E-state index contributed by atoms with van der Waals surface area (Å²) in [6, 6.07) is 64.6. The van der Waals surface area contributed by atoms with Gasteiger partial charge in [-0.2, -0.15) is 0 Å². The van der Waals surface area contributed by atoms with Gasteiger partial charge in [0.05, 0.1) is 44.5 Å². The Kier molecular flexibility index (Phi) is 12.3. The van der Waals surface area contributed by atoms with E-state index in [2.05, 4.69) is 185 Å². The molecule has 6 nitrogen and oxygen atoms in total. The molecular weight excluding hydrogens is 841 g/mol. The number of pyridine rings is 4. The van der Waals surface area contributed by atoms with Crippen LogP contribution in [0.3, 0.4) is 0 Å². The van der Waals surface area contributed by atoms with Crippen molar-refractivity contribution in [2.75, 3.05) is 0 Å². The maximum atomic E-state index is 4.93. The van der Waals surface area contributed by atoms with E-state index in [9.17, 15) is 0 Å². The van der Waals surface area contributed by atoms with Gasteiger partial charge in [0, 0.05) is 58.1 Å². The zero-order chi connectivity index (χ0) is 47.4. The van der Waals surface area contributed by atoms with Gasteiger partial charge in [-0.15, -0.1) is 6.58 Å². The quantitative estimate of drug-likeness (QED) is 0.150. The molecule has 0 bridgehead atoms. The summed E-state index contributed by atoms with van der Waals surface area (Å²) in [5.41, 5.74) is 22.0. The highest BCUT2D eigenvalue weighted by molar-refractivity contribution is 6.10. The van der Waals surface area contributed by atoms with Crippen LogP contribution in [-0.2, 0) is 0 Å². The molecule has 12 aromatic rings. The number of benzene rings is 6. The zero-order valence-corrected chi connectivity index (χ0v) is 39.6. The van der Waals surface area contributed by atoms with Crippen LogP contribution in [0, 0.1) is 13.8 Å². The van der Waals surface area contributed by atoms with Crippen molar-refractivity contribution in [1.82, 2.24) is 29.1 Å². The summed E-state index contributed by atoms with van der Waals surface area (Å²) in [6.07, 6.45) is 9.22. The number of aromatic nitrogens is 6. The molecular formula is C63H52N6. The lowest BCUT2D eigenvalue weighted by Gasteiger charge is -2.16. The average molecular weight is 893 g/mol. The third-order valence-electron chi connectivity index (χ3n) is 12.6. The molecule has 0 aliphatic heterocycles. The van der Waals surface area contributed by atoms with Gasteiger partial charge < -0.3 is 9.13 Å². The molecule has 0 unspecified atom stereocenters. The SMILES string of the molecule is C=CC.CC.Cc1cc(-n2c3ccc(-c4ccccc4-c4ccccn4)cc3c3ncccc32)ccc1-c1ccc(-n2c3ccc(-c4ccccc4-c4ccccn4)cc3c3ncccc32)cc1C. The van der Waals surface area contributed by atoms with Crippen LogP contribution in [0.15, 0.2) is 219 Å². The summed E-state index contributed by atoms with van der Waals surface area (Å²) in [6.45, 7) is 13.7. The standard InChI is InChI=1S/C58H40N6.C3H6.C2H6/c1-37-33-41(63-53-27-21-39(35-49(53)57-55(63)19-11-31-61-57)45-13-3-5-15-47(45)51-17-7-9-29-59-51)23-25-43(37)44-26-24-42(34-38(44)2)64-54-28-22-40(36-50(54)58-56(64)20-12-32-62-58)46-14-4-6-16-48(46)52-18-8-10-30-60-52;1-3-2;1-2/h3-36H,1-2H3;3H,1H2,2H3;1-2H3. The number of nitrogens with zero attached hydrogens (tertiary/aromatic N) is 6. The van der Waals surface area contributed by atoms with Crippen LogP contribution in [0.5, 0.6) is 0 Å². The topological polar surface area (TPSA) is 61.4 Å². The van der Waals surface area contributed by atoms with Gasteiger partial charge >= 0.3 is 0 Å². The molecule has 0 fully saturated rings. The van der Waals surface area contributed by atoms with Crippen LogP contribution in [0.25, 0.3) is 111 Å². The van der Waals surface area contributed by atoms with Crippen molar-refractivity contribution in [3.63, 3.8) is 0 Å². The molecule has 0 saturated heterocycles. The van der Waals surface area contributed by atoms with Crippen molar-refractivity contribution in [1.29, 1.82) is 0 Å². The first-order valence-electron chi connectivity index (χ1n) is 23.6. The van der Waals surface area contributed by atoms with E-state index >= 15 is 0 Å². The van der Waals surface area contributed by atoms with Crippen LogP contribution in [0.1, 0.15) is 31.9 Å². The number of hydrogen-bond acceptors (Lipinski definition) is 4. The molecule has 0 aliphatic carbocycles. The predicted molar refractivity (Wildman–Crippen MR) is 290 cm³/mol. The smallest absolute Gasteiger partial charge is 0.0963 e. The molecule has 334 valence electrons. The monoisotopic (exact) mass is 892 g/mol. The summed E-state index contributed by atoms with van der Waals surface area (Å²) in [4.78, 5) is 19.2. The Labute approximate surface area is 403 Å². The van der Waals surface area contributed by atoms with Crippen LogP contribution >= 0.6 is 0 Å². The van der Waals surface area contributed by atoms with E-state index in [1.165, 1.54) is 22.3 Å². The second-order valence-corrected chi connectivity index (χ2v) is 16.8. The Morgan fingerprint density at radius 2 is 0.768 bits per heavy atom. The minimum absolute atomic E-state index is 0.956. The van der Waals surface area contributed by atoms with Crippen molar-refractivity contribution in [2.45, 2.75) is 34.6 Å². The molecule has 6 aromatic heterocycles. The molecule has 0 spiro atoms. The number of aryl methyl sites for hydroxylation is 2. The first-order valence-corrected chi connectivity index (χ1v) is 23.6. The van der Waals surface area contributed by atoms with Gasteiger partial charge in [0.15, 0.2) is 0 Å². The number of rotatable bonds is 7. The van der Waals surface area contributed by atoms with Gasteiger partial charge in [-0.3, -0.25) is 19.9 Å². The Bertz CT molecular complexity index is 3560. The van der Waals surface area contributed by atoms with Gasteiger partial charge in [-0.1, -0.05) is 105 Å². The number of allylic oxidation sites excluding steroid dienone is 1. The van der Waals surface area contributed by atoms with Crippen LogP contribution < -0.4 is 0 Å². The first-order chi connectivity index (χ1) is 34.0. The van der Waals surface area contributed by atoms with E-state index in [1.807, 2.05) is 82.0 Å². The van der Waals surface area contributed by atoms with E-state index < -0.39 is 0 Å². The maximum absolute atomic E-state index is 4.93. The molecule has 0 radical (unpaired) electrons. The fourth-order valence-electron chi connectivity index (χ4n) is 9.70. The Morgan fingerprint density at radius 3 is 1.16 bits per heavy atom. The minimum atomic E-state index is 0.956. The second-order valence-electron chi connectivity index (χ2n) is 16.8. The Morgan fingerprint density at radius 1 is 0.377 bits per heavy atom. The number of hydrogen-bond donors (Lipinski definition) is 0. The molecule has 6 heteroatoms. The molecule has 0 atom stereocenters. The largest absolute Gasteiger partial charge is 0.308 e. The van der Waals surface area contributed by atoms with E-state index in [0.29, 0.717) is 0 Å². The molecule has 0 amide bonds. The van der Waals surface area contributed by atoms with Gasteiger partial charge in [0.25, 0.3) is 0 Å². The highest BCUT2D eigenvalue weighted by atomic mass is 15.0. The van der Waals surface area contributed by atoms with Crippen LogP contribution in [-0.4, -0.2) is 29.1 Å². The van der Waals surface area contributed by atoms with E-state index in [0.717, 1.165) is 100 Å². The van der Waals surface area contributed by atoms with Crippen molar-refractivity contribution in [3.05, 3.63) is 231 Å². The average Bonchev–Trinajstić information content (AvgIpc) is 3.92. The lowest BCUT2D eigenvalue weighted by atomic mass is 9.95. The van der Waals surface area contributed by atoms with Crippen LogP contribution in [0.2, 0.25) is 0 Å². The molecule has 6 heterocycles. The lowest BCUT2D eigenvalue weighted by Crippen LogP contribution is -1.98. The highest BCUT2D eigenvalue weighted by Crippen LogP contribution is 2.40. The lowest BCUT2D eigenvalue weighted by molar-refractivity contribution is 1.16. The fourth-order valence-corrected chi connectivity index (χ4v) is 9.70. The zero-order valence-electron chi connectivity index (χ0n) is 39.6. The van der Waals surface area contributed by atoms with E-state index in [4.69, 9.17) is 9.97 Å². The molecule has 0 saturated carbocycles. The maximum Gasteiger partial charge on any atom is 0.0963 e. The van der Waals surface area contributed by atoms with Crippen molar-refractivity contribution in [3.8, 4) is 67.3 Å². The van der Waals surface area contributed by atoms with Crippen molar-refractivity contribution >= 4 is 43.9 Å².